The Balaban J connectivity index is 1.91. The van der Waals surface area contributed by atoms with Crippen molar-refractivity contribution in [1.29, 1.82) is 0 Å². The van der Waals surface area contributed by atoms with Crippen LogP contribution in [0.2, 0.25) is 0 Å². The van der Waals surface area contributed by atoms with Gasteiger partial charge < -0.3 is 24.6 Å². The van der Waals surface area contributed by atoms with E-state index in [0.717, 1.165) is 18.9 Å². The maximum Gasteiger partial charge on any atom is 0.409 e. The average molecular weight is 396 g/mol. The Labute approximate surface area is 162 Å². The van der Waals surface area contributed by atoms with E-state index in [1.54, 1.807) is 16.7 Å². The van der Waals surface area contributed by atoms with Crippen molar-refractivity contribution < 1.29 is 23.6 Å². The van der Waals surface area contributed by atoms with Crippen molar-refractivity contribution in [2.45, 2.75) is 32.4 Å². The van der Waals surface area contributed by atoms with Gasteiger partial charge in [-0.25, -0.2) is 9.18 Å². The molecule has 1 saturated carbocycles. The second kappa shape index (κ2) is 8.59. The first-order valence-corrected chi connectivity index (χ1v) is 9.38. The summed E-state index contributed by atoms with van der Waals surface area (Å²) >= 11 is 0. The fourth-order valence-corrected chi connectivity index (χ4v) is 3.37. The minimum absolute atomic E-state index is 0.0427. The molecule has 1 saturated heterocycles. The minimum atomic E-state index is -0.662. The number of halogens is 1. The monoisotopic (exact) mass is 396 g/mol. The number of amides is 1. The molecular formula is C18H25FN4O5. The lowest BCUT2D eigenvalue weighted by Gasteiger charge is -2.36. The van der Waals surface area contributed by atoms with Crippen LogP contribution >= 0.6 is 0 Å². The number of nitro groups is 1. The van der Waals surface area contributed by atoms with E-state index >= 15 is 0 Å². The number of carbonyl (C=O) groups is 1. The number of methoxy groups -OCH3 is 1. The molecule has 1 heterocycles. The maximum absolute atomic E-state index is 15.0. The van der Waals surface area contributed by atoms with Crippen LogP contribution in [0.15, 0.2) is 6.07 Å². The molecule has 1 aliphatic carbocycles. The Kier molecular flexibility index (Phi) is 6.18. The molecule has 1 aromatic carbocycles. The first kappa shape index (κ1) is 20.1. The number of benzene rings is 1. The van der Waals surface area contributed by atoms with Crippen LogP contribution in [0.5, 0.6) is 0 Å². The van der Waals surface area contributed by atoms with E-state index in [1.165, 1.54) is 7.11 Å². The van der Waals surface area contributed by atoms with Crippen LogP contribution in [-0.4, -0.2) is 61.9 Å². The summed E-state index contributed by atoms with van der Waals surface area (Å²) < 4.78 is 25.2. The zero-order valence-electron chi connectivity index (χ0n) is 16.1. The number of nitrogens with zero attached hydrogens (tertiary/aromatic N) is 3. The molecule has 2 fully saturated rings. The summed E-state index contributed by atoms with van der Waals surface area (Å²) in [5.74, 6) is -0.662. The standard InChI is InChI=1S/C18H25FN4O5/c1-3-28-18(24)22-8-6-21(7-9-22)17-13(11-27-2)16(20-12-4-5-12)15(23(25)26)10-14(17)19/h10,12,20H,3-9,11H2,1-2H3. The Morgan fingerprint density at radius 1 is 1.36 bits per heavy atom. The van der Waals surface area contributed by atoms with Crippen LogP contribution < -0.4 is 10.2 Å². The fraction of sp³-hybridized carbons (Fsp3) is 0.611. The van der Waals surface area contributed by atoms with Gasteiger partial charge in [-0.3, -0.25) is 10.1 Å². The molecule has 0 atom stereocenters. The Morgan fingerprint density at radius 2 is 2.04 bits per heavy atom. The van der Waals surface area contributed by atoms with Crippen molar-refractivity contribution in [2.24, 2.45) is 0 Å². The molecule has 0 unspecified atom stereocenters. The van der Waals surface area contributed by atoms with Crippen molar-refractivity contribution in [3.63, 3.8) is 0 Å². The van der Waals surface area contributed by atoms with Crippen LogP contribution in [0.3, 0.4) is 0 Å². The van der Waals surface area contributed by atoms with Gasteiger partial charge in [-0.1, -0.05) is 0 Å². The number of piperazine rings is 1. The summed E-state index contributed by atoms with van der Waals surface area (Å²) in [7, 11) is 1.47. The van der Waals surface area contributed by atoms with Crippen molar-refractivity contribution >= 4 is 23.2 Å². The molecule has 9 nitrogen and oxygen atoms in total. The maximum atomic E-state index is 15.0. The van der Waals surface area contributed by atoms with Gasteiger partial charge in [0.05, 0.1) is 29.9 Å². The summed E-state index contributed by atoms with van der Waals surface area (Å²) in [6.07, 6.45) is 1.46. The normalized spacial score (nSPS) is 16.8. The Morgan fingerprint density at radius 3 is 2.57 bits per heavy atom. The quantitative estimate of drug-likeness (QED) is 0.559. The zero-order valence-corrected chi connectivity index (χ0v) is 16.1. The molecule has 10 heteroatoms. The topological polar surface area (TPSA) is 97.2 Å². The number of nitrogens with one attached hydrogen (secondary N) is 1. The summed E-state index contributed by atoms with van der Waals surface area (Å²) in [6.45, 7) is 3.64. The third kappa shape index (κ3) is 4.27. The number of carbonyl (C=O) groups excluding carboxylic acids is 1. The zero-order chi connectivity index (χ0) is 20.3. The number of hydrogen-bond acceptors (Lipinski definition) is 7. The number of anilines is 2. The first-order chi connectivity index (χ1) is 13.5. The molecule has 0 aromatic heterocycles. The number of hydrogen-bond donors (Lipinski definition) is 1. The molecule has 1 N–H and O–H groups in total. The summed E-state index contributed by atoms with van der Waals surface area (Å²) in [4.78, 5) is 26.2. The highest BCUT2D eigenvalue weighted by atomic mass is 19.1. The van der Waals surface area contributed by atoms with Gasteiger partial charge in [0.2, 0.25) is 0 Å². The van der Waals surface area contributed by atoms with Gasteiger partial charge in [0.15, 0.2) is 5.82 Å². The molecule has 1 aromatic rings. The van der Waals surface area contributed by atoms with Gasteiger partial charge >= 0.3 is 6.09 Å². The van der Waals surface area contributed by atoms with Crippen LogP contribution in [0.4, 0.5) is 26.2 Å². The molecular weight excluding hydrogens is 371 g/mol. The van der Waals surface area contributed by atoms with E-state index in [1.807, 2.05) is 0 Å². The lowest BCUT2D eigenvalue weighted by Crippen LogP contribution is -2.49. The first-order valence-electron chi connectivity index (χ1n) is 9.38. The predicted octanol–water partition coefficient (Wildman–Crippen LogP) is 2.73. The van der Waals surface area contributed by atoms with Gasteiger partial charge in [-0.2, -0.15) is 0 Å². The highest BCUT2D eigenvalue weighted by Gasteiger charge is 2.33. The van der Waals surface area contributed by atoms with E-state index in [9.17, 15) is 19.3 Å². The third-order valence-corrected chi connectivity index (χ3v) is 4.87. The van der Waals surface area contributed by atoms with Gasteiger partial charge in [0.1, 0.15) is 5.69 Å². The largest absolute Gasteiger partial charge is 0.450 e. The van der Waals surface area contributed by atoms with E-state index in [-0.39, 0.29) is 24.4 Å². The average Bonchev–Trinajstić information content (AvgIpc) is 3.48. The van der Waals surface area contributed by atoms with Gasteiger partial charge in [0, 0.05) is 44.9 Å². The highest BCUT2D eigenvalue weighted by Crippen LogP contribution is 2.41. The third-order valence-electron chi connectivity index (χ3n) is 4.87. The lowest BCUT2D eigenvalue weighted by atomic mass is 10.1. The van der Waals surface area contributed by atoms with E-state index in [2.05, 4.69) is 5.32 Å². The summed E-state index contributed by atoms with van der Waals surface area (Å²) in [5, 5.41) is 14.7. The Bertz CT molecular complexity index is 748. The Hall–Kier alpha value is -2.62. The van der Waals surface area contributed by atoms with E-state index in [4.69, 9.17) is 9.47 Å². The molecule has 1 aliphatic heterocycles. The molecule has 0 spiro atoms. The second-order valence-electron chi connectivity index (χ2n) is 6.86. The lowest BCUT2D eigenvalue weighted by molar-refractivity contribution is -0.384. The number of nitro benzene ring substituents is 1. The van der Waals surface area contributed by atoms with E-state index < -0.39 is 10.7 Å². The molecule has 0 radical (unpaired) electrons. The molecule has 28 heavy (non-hydrogen) atoms. The molecule has 1 amide bonds. The molecule has 154 valence electrons. The van der Waals surface area contributed by atoms with Gasteiger partial charge in [-0.15, -0.1) is 0 Å². The number of rotatable bonds is 7. The summed E-state index contributed by atoms with van der Waals surface area (Å²) in [5.41, 5.74) is 0.758. The predicted molar refractivity (Wildman–Crippen MR) is 101 cm³/mol. The molecule has 0 bridgehead atoms. The van der Waals surface area contributed by atoms with Crippen molar-refractivity contribution in [1.82, 2.24) is 4.90 Å². The van der Waals surface area contributed by atoms with Crippen LogP contribution in [-0.2, 0) is 16.1 Å². The molecule has 2 aliphatic rings. The molecule has 3 rings (SSSR count). The van der Waals surface area contributed by atoms with Crippen LogP contribution in [0, 0.1) is 15.9 Å². The van der Waals surface area contributed by atoms with Crippen LogP contribution in [0.25, 0.3) is 0 Å². The van der Waals surface area contributed by atoms with Crippen LogP contribution in [0.1, 0.15) is 25.3 Å². The fourth-order valence-electron chi connectivity index (χ4n) is 3.37. The summed E-state index contributed by atoms with van der Waals surface area (Å²) in [6, 6.07) is 1.13. The van der Waals surface area contributed by atoms with Crippen molar-refractivity contribution in [3.05, 3.63) is 27.6 Å². The van der Waals surface area contributed by atoms with Gasteiger partial charge in [0.25, 0.3) is 5.69 Å². The second-order valence-corrected chi connectivity index (χ2v) is 6.86. The SMILES string of the molecule is CCOC(=O)N1CCN(c2c(F)cc([N+](=O)[O-])c(NC3CC3)c2COC)CC1. The minimum Gasteiger partial charge on any atom is -0.450 e. The van der Waals surface area contributed by atoms with Crippen molar-refractivity contribution in [3.8, 4) is 0 Å². The van der Waals surface area contributed by atoms with E-state index in [0.29, 0.717) is 49.7 Å². The smallest absolute Gasteiger partial charge is 0.409 e. The highest BCUT2D eigenvalue weighted by molar-refractivity contribution is 5.77. The number of ether oxygens (including phenoxy) is 2. The van der Waals surface area contributed by atoms with Gasteiger partial charge in [-0.05, 0) is 19.8 Å². The van der Waals surface area contributed by atoms with Crippen molar-refractivity contribution in [2.75, 3.05) is 50.1 Å².